The van der Waals surface area contributed by atoms with Crippen LogP contribution < -0.4 is 11.5 Å². The van der Waals surface area contributed by atoms with Gasteiger partial charge < -0.3 is 15.0 Å². The number of carbonyl (C=O) groups excluding carboxylic acids is 1. The first-order valence-corrected chi connectivity index (χ1v) is 9.72. The number of nitrogens with zero attached hydrogens (tertiary/aromatic N) is 3. The lowest BCUT2D eigenvalue weighted by atomic mass is 9.90. The molecule has 0 bridgehead atoms. The zero-order valence-electron chi connectivity index (χ0n) is 17.9. The molecule has 4 rings (SSSR count). The second-order valence-electron chi connectivity index (χ2n) is 7.89. The number of hydrogen-bond donors (Lipinski definition) is 2. The predicted octanol–water partition coefficient (Wildman–Crippen LogP) is 3.53. The maximum atomic E-state index is 13.1. The minimum absolute atomic E-state index is 0.123. The van der Waals surface area contributed by atoms with Crippen molar-refractivity contribution in [1.82, 2.24) is 9.47 Å². The molecule has 1 aliphatic heterocycles. The molecule has 0 fully saturated rings. The van der Waals surface area contributed by atoms with E-state index in [4.69, 9.17) is 16.2 Å². The zero-order valence-corrected chi connectivity index (χ0v) is 17.9. The first-order valence-electron chi connectivity index (χ1n) is 9.72. The van der Waals surface area contributed by atoms with Crippen LogP contribution in [0.2, 0.25) is 0 Å². The Kier molecular flexibility index (Phi) is 4.74. The summed E-state index contributed by atoms with van der Waals surface area (Å²) in [6.45, 7) is 3.95. The SMILES string of the molecule is Cc1cccc(C)c1-c1cc2c(c3ccn(C)c13)C(N)(OC(=O)C(F)(F)F)N(C)C(N)=N2. The summed E-state index contributed by atoms with van der Waals surface area (Å²) < 4.78 is 45.8. The minimum atomic E-state index is -5.23. The third-order valence-electron chi connectivity index (χ3n) is 5.80. The molecule has 1 aromatic heterocycles. The fourth-order valence-corrected chi connectivity index (χ4v) is 4.23. The largest absolute Gasteiger partial charge is 0.491 e. The van der Waals surface area contributed by atoms with Crippen molar-refractivity contribution >= 4 is 28.5 Å². The molecule has 7 nitrogen and oxygen atoms in total. The Morgan fingerprint density at radius 3 is 2.38 bits per heavy atom. The maximum absolute atomic E-state index is 13.1. The van der Waals surface area contributed by atoms with Gasteiger partial charge in [-0.3, -0.25) is 10.6 Å². The van der Waals surface area contributed by atoms with E-state index < -0.39 is 18.0 Å². The van der Waals surface area contributed by atoms with Crippen molar-refractivity contribution in [1.29, 1.82) is 0 Å². The number of halogens is 3. The molecule has 0 aliphatic carbocycles. The van der Waals surface area contributed by atoms with Gasteiger partial charge in [-0.1, -0.05) is 18.2 Å². The van der Waals surface area contributed by atoms with Crippen molar-refractivity contribution in [2.75, 3.05) is 7.05 Å². The van der Waals surface area contributed by atoms with E-state index in [0.717, 1.165) is 27.2 Å². The van der Waals surface area contributed by atoms with Gasteiger partial charge >= 0.3 is 12.1 Å². The van der Waals surface area contributed by atoms with Crippen LogP contribution in [0.25, 0.3) is 22.0 Å². The van der Waals surface area contributed by atoms with E-state index in [2.05, 4.69) is 4.99 Å². The number of hydrogen-bond acceptors (Lipinski definition) is 6. The zero-order chi connectivity index (χ0) is 23.6. The fraction of sp³-hybridized carbons (Fsp3) is 0.273. The van der Waals surface area contributed by atoms with Crippen molar-refractivity contribution in [3.63, 3.8) is 0 Å². The molecule has 32 heavy (non-hydrogen) atoms. The van der Waals surface area contributed by atoms with E-state index in [1.54, 1.807) is 18.3 Å². The summed E-state index contributed by atoms with van der Waals surface area (Å²) in [5.41, 5.74) is 17.2. The maximum Gasteiger partial charge on any atom is 0.491 e. The van der Waals surface area contributed by atoms with Crippen molar-refractivity contribution in [3.8, 4) is 11.1 Å². The van der Waals surface area contributed by atoms with Crippen LogP contribution in [-0.2, 0) is 22.4 Å². The van der Waals surface area contributed by atoms with Crippen LogP contribution in [0.4, 0.5) is 18.9 Å². The molecule has 0 spiro atoms. The highest BCUT2D eigenvalue weighted by molar-refractivity contribution is 6.03. The predicted molar refractivity (Wildman–Crippen MR) is 115 cm³/mol. The molecule has 4 N–H and O–H groups in total. The van der Waals surface area contributed by atoms with Gasteiger partial charge in [-0.2, -0.15) is 13.2 Å². The third-order valence-corrected chi connectivity index (χ3v) is 5.80. The highest BCUT2D eigenvalue weighted by Gasteiger charge is 2.51. The lowest BCUT2D eigenvalue weighted by molar-refractivity contribution is -0.226. The Balaban J connectivity index is 2.08. The van der Waals surface area contributed by atoms with Gasteiger partial charge in [0.05, 0.1) is 16.8 Å². The van der Waals surface area contributed by atoms with Crippen LogP contribution in [0.3, 0.4) is 0 Å². The van der Waals surface area contributed by atoms with E-state index in [-0.39, 0.29) is 17.2 Å². The summed E-state index contributed by atoms with van der Waals surface area (Å²) in [5.74, 6) is -4.92. The van der Waals surface area contributed by atoms with Gasteiger partial charge in [0.25, 0.3) is 5.85 Å². The molecule has 0 radical (unpaired) electrons. The van der Waals surface area contributed by atoms with Crippen LogP contribution in [-0.4, -0.2) is 34.6 Å². The number of carbonyl (C=O) groups is 1. The van der Waals surface area contributed by atoms with Crippen molar-refractivity contribution in [3.05, 3.63) is 53.2 Å². The van der Waals surface area contributed by atoms with Crippen LogP contribution in [0, 0.1) is 13.8 Å². The number of fused-ring (bicyclic) bond motifs is 3. The van der Waals surface area contributed by atoms with Gasteiger partial charge in [0.1, 0.15) is 0 Å². The molecule has 1 atom stereocenters. The van der Waals surface area contributed by atoms with Gasteiger partial charge in [0.15, 0.2) is 0 Å². The second-order valence-corrected chi connectivity index (χ2v) is 7.89. The number of benzene rings is 2. The summed E-state index contributed by atoms with van der Waals surface area (Å²) in [5, 5.41) is 0.503. The molecule has 2 aromatic carbocycles. The molecular weight excluding hydrogens is 423 g/mol. The number of rotatable bonds is 2. The van der Waals surface area contributed by atoms with E-state index in [1.807, 2.05) is 43.7 Å². The van der Waals surface area contributed by atoms with Crippen LogP contribution in [0.5, 0.6) is 0 Å². The topological polar surface area (TPSA) is 98.9 Å². The van der Waals surface area contributed by atoms with Gasteiger partial charge in [0.2, 0.25) is 5.96 Å². The quantitative estimate of drug-likeness (QED) is 0.465. The lowest BCUT2D eigenvalue weighted by Crippen LogP contribution is -2.61. The second kappa shape index (κ2) is 6.99. The van der Waals surface area contributed by atoms with Crippen LogP contribution in [0.15, 0.2) is 41.5 Å². The average molecular weight is 445 g/mol. The van der Waals surface area contributed by atoms with Gasteiger partial charge in [-0.25, -0.2) is 9.79 Å². The Bertz CT molecular complexity index is 1270. The molecule has 1 unspecified atom stereocenters. The molecule has 168 valence electrons. The highest BCUT2D eigenvalue weighted by atomic mass is 19.4. The number of nitrogens with two attached hydrogens (primary N) is 2. The van der Waals surface area contributed by atoms with Gasteiger partial charge in [-0.15, -0.1) is 0 Å². The first-order chi connectivity index (χ1) is 14.9. The first kappa shape index (κ1) is 21.7. The third kappa shape index (κ3) is 3.10. The lowest BCUT2D eigenvalue weighted by Gasteiger charge is -2.41. The molecule has 3 aromatic rings. The smallest absolute Gasteiger partial charge is 0.414 e. The number of aliphatic imine (C=N–C) groups is 1. The molecule has 2 heterocycles. The van der Waals surface area contributed by atoms with Crippen LogP contribution in [0.1, 0.15) is 16.7 Å². The number of ether oxygens (including phenoxy) is 1. The number of esters is 1. The number of aromatic nitrogens is 1. The molecule has 1 aliphatic rings. The van der Waals surface area contributed by atoms with E-state index in [1.165, 1.54) is 7.05 Å². The number of aryl methyl sites for hydroxylation is 3. The molecule has 0 saturated heterocycles. The van der Waals surface area contributed by atoms with Crippen molar-refractivity contribution in [2.45, 2.75) is 25.9 Å². The Hall–Kier alpha value is -3.53. The standard InChI is InChI=1S/C22H22F3N5O2/c1-11-6-5-7-12(2)16(11)14-10-15-17(13-8-9-29(3)18(13)14)22(27,30(4)20(26)28-15)32-19(31)21(23,24)25/h5-10H,27H2,1-4H3,(H2,26,28). The monoisotopic (exact) mass is 445 g/mol. The van der Waals surface area contributed by atoms with Crippen molar-refractivity contribution < 1.29 is 22.7 Å². The number of alkyl halides is 3. The Morgan fingerprint density at radius 2 is 1.78 bits per heavy atom. The Morgan fingerprint density at radius 1 is 1.16 bits per heavy atom. The normalized spacial score (nSPS) is 18.5. The summed E-state index contributed by atoms with van der Waals surface area (Å²) in [4.78, 5) is 17.2. The average Bonchev–Trinajstić information content (AvgIpc) is 3.06. The van der Waals surface area contributed by atoms with Crippen molar-refractivity contribution in [2.24, 2.45) is 23.5 Å². The van der Waals surface area contributed by atoms with E-state index >= 15 is 0 Å². The fourth-order valence-electron chi connectivity index (χ4n) is 4.23. The summed E-state index contributed by atoms with van der Waals surface area (Å²) >= 11 is 0. The molecule has 0 saturated carbocycles. The summed E-state index contributed by atoms with van der Waals surface area (Å²) in [7, 11) is 3.13. The van der Waals surface area contributed by atoms with E-state index in [9.17, 15) is 18.0 Å². The molecule has 10 heteroatoms. The Labute approximate surface area is 182 Å². The summed E-state index contributed by atoms with van der Waals surface area (Å²) in [6.07, 6.45) is -3.47. The minimum Gasteiger partial charge on any atom is -0.414 e. The highest BCUT2D eigenvalue weighted by Crippen LogP contribution is 2.46. The molecule has 0 amide bonds. The number of guanidine groups is 1. The van der Waals surface area contributed by atoms with Gasteiger partial charge in [-0.05, 0) is 42.7 Å². The van der Waals surface area contributed by atoms with E-state index in [0.29, 0.717) is 10.9 Å². The summed E-state index contributed by atoms with van der Waals surface area (Å²) in [6, 6.07) is 9.32. The van der Waals surface area contributed by atoms with Crippen LogP contribution >= 0.6 is 0 Å². The van der Waals surface area contributed by atoms with Gasteiger partial charge in [0, 0.05) is 31.2 Å². The molecular formula is C22H22F3N5O2.